The molecule has 3 rings (SSSR count). The van der Waals surface area contributed by atoms with Crippen LogP contribution in [0.15, 0.2) is 15.9 Å². The average molecular weight is 318 g/mol. The van der Waals surface area contributed by atoms with Crippen molar-refractivity contribution in [3.8, 4) is 0 Å². The number of aromatic nitrogens is 3. The summed E-state index contributed by atoms with van der Waals surface area (Å²) in [4.78, 5) is 24.0. The molecule has 23 heavy (non-hydrogen) atoms. The number of hydrogen-bond acceptors (Lipinski definition) is 3. The molecule has 126 valence electrons. The van der Waals surface area contributed by atoms with E-state index in [9.17, 15) is 9.59 Å². The quantitative estimate of drug-likeness (QED) is 0.831. The number of H-pyrrole nitrogens is 1. The lowest BCUT2D eigenvalue weighted by Crippen LogP contribution is -2.43. The first-order chi connectivity index (χ1) is 11.1. The highest BCUT2D eigenvalue weighted by Crippen LogP contribution is 2.30. The van der Waals surface area contributed by atoms with Gasteiger partial charge < -0.3 is 5.32 Å². The van der Waals surface area contributed by atoms with Crippen LogP contribution in [0, 0.1) is 5.92 Å². The van der Waals surface area contributed by atoms with Crippen LogP contribution in [-0.2, 0) is 18.3 Å². The van der Waals surface area contributed by atoms with Gasteiger partial charge in [0, 0.05) is 25.1 Å². The van der Waals surface area contributed by atoms with Crippen molar-refractivity contribution < 1.29 is 4.79 Å². The van der Waals surface area contributed by atoms with Crippen LogP contribution in [0.5, 0.6) is 0 Å². The number of carbonyl (C=O) groups excluding carboxylic acids is 1. The lowest BCUT2D eigenvalue weighted by Gasteiger charge is -2.32. The zero-order chi connectivity index (χ0) is 16.4. The van der Waals surface area contributed by atoms with Gasteiger partial charge in [-0.1, -0.05) is 18.4 Å². The van der Waals surface area contributed by atoms with Crippen LogP contribution in [0.2, 0.25) is 0 Å². The maximum Gasteiger partial charge on any atom is 0.343 e. The SMILES string of the molecule is CC(C(=O)N[C@@H]1CCCC[C@@H]1Cc1n[nH]c(=O)n1C)=C1CCC1. The molecule has 2 saturated carbocycles. The molecule has 2 atom stereocenters. The summed E-state index contributed by atoms with van der Waals surface area (Å²) in [5.41, 5.74) is 2.04. The molecule has 2 fully saturated rings. The second kappa shape index (κ2) is 6.72. The summed E-state index contributed by atoms with van der Waals surface area (Å²) in [7, 11) is 1.74. The summed E-state index contributed by atoms with van der Waals surface area (Å²) < 4.78 is 1.56. The molecular weight excluding hydrogens is 292 g/mol. The number of nitrogens with one attached hydrogen (secondary N) is 2. The number of nitrogens with zero attached hydrogens (tertiary/aromatic N) is 2. The summed E-state index contributed by atoms with van der Waals surface area (Å²) in [6.45, 7) is 1.94. The fourth-order valence-corrected chi connectivity index (χ4v) is 3.60. The van der Waals surface area contributed by atoms with E-state index in [4.69, 9.17) is 0 Å². The number of allylic oxidation sites excluding steroid dienone is 1. The first-order valence-electron chi connectivity index (χ1n) is 8.66. The highest BCUT2D eigenvalue weighted by molar-refractivity contribution is 5.94. The first-order valence-corrected chi connectivity index (χ1v) is 8.66. The molecule has 1 heterocycles. The van der Waals surface area contributed by atoms with Crippen molar-refractivity contribution in [3.05, 3.63) is 27.5 Å². The Labute approximate surface area is 136 Å². The number of hydrogen-bond donors (Lipinski definition) is 2. The summed E-state index contributed by atoms with van der Waals surface area (Å²) in [5.74, 6) is 1.21. The molecule has 1 amide bonds. The second-order valence-electron chi connectivity index (χ2n) is 6.91. The Morgan fingerprint density at radius 1 is 1.30 bits per heavy atom. The van der Waals surface area contributed by atoms with Crippen LogP contribution < -0.4 is 11.0 Å². The smallest absolute Gasteiger partial charge is 0.343 e. The molecule has 0 saturated heterocycles. The fraction of sp³-hybridized carbons (Fsp3) is 0.706. The Kier molecular flexibility index (Phi) is 4.68. The summed E-state index contributed by atoms with van der Waals surface area (Å²) in [6.07, 6.45) is 8.49. The van der Waals surface area contributed by atoms with E-state index < -0.39 is 0 Å². The van der Waals surface area contributed by atoms with Gasteiger partial charge in [0.25, 0.3) is 0 Å². The van der Waals surface area contributed by atoms with E-state index in [0.717, 1.165) is 49.9 Å². The van der Waals surface area contributed by atoms with Crippen molar-refractivity contribution in [2.75, 3.05) is 0 Å². The number of amides is 1. The molecule has 6 heteroatoms. The van der Waals surface area contributed by atoms with Crippen LogP contribution in [0.1, 0.15) is 57.7 Å². The summed E-state index contributed by atoms with van der Waals surface area (Å²) >= 11 is 0. The van der Waals surface area contributed by atoms with E-state index in [1.807, 2.05) is 6.92 Å². The monoisotopic (exact) mass is 318 g/mol. The average Bonchev–Trinajstić information content (AvgIpc) is 2.79. The van der Waals surface area contributed by atoms with Crippen LogP contribution in [0.25, 0.3) is 0 Å². The molecule has 0 aromatic carbocycles. The minimum Gasteiger partial charge on any atom is -0.349 e. The van der Waals surface area contributed by atoms with Gasteiger partial charge in [0.15, 0.2) is 0 Å². The molecule has 0 aliphatic heterocycles. The van der Waals surface area contributed by atoms with E-state index in [-0.39, 0.29) is 17.6 Å². The van der Waals surface area contributed by atoms with E-state index in [1.165, 1.54) is 18.4 Å². The first kappa shape index (κ1) is 16.0. The van der Waals surface area contributed by atoms with Crippen LogP contribution >= 0.6 is 0 Å². The Morgan fingerprint density at radius 2 is 2.04 bits per heavy atom. The molecule has 6 nitrogen and oxygen atoms in total. The van der Waals surface area contributed by atoms with Crippen molar-refractivity contribution in [1.29, 1.82) is 0 Å². The molecule has 1 aromatic heterocycles. The van der Waals surface area contributed by atoms with E-state index >= 15 is 0 Å². The normalized spacial score (nSPS) is 24.2. The molecule has 2 aliphatic carbocycles. The van der Waals surface area contributed by atoms with Crippen molar-refractivity contribution in [2.24, 2.45) is 13.0 Å². The Bertz CT molecular complexity index is 664. The molecule has 0 unspecified atom stereocenters. The lowest BCUT2D eigenvalue weighted by atomic mass is 9.81. The fourth-order valence-electron chi connectivity index (χ4n) is 3.60. The number of carbonyl (C=O) groups is 1. The standard InChI is InChI=1S/C17H26N4O2/c1-11(12-7-5-8-12)16(22)18-14-9-4-3-6-13(14)10-15-19-20-17(23)21(15)2/h13-14H,3-10H2,1-2H3,(H,18,22)(H,20,23)/t13-,14-/m1/s1. The highest BCUT2D eigenvalue weighted by Gasteiger charge is 2.29. The van der Waals surface area contributed by atoms with Crippen LogP contribution in [0.4, 0.5) is 0 Å². The van der Waals surface area contributed by atoms with Gasteiger partial charge in [-0.3, -0.25) is 9.36 Å². The summed E-state index contributed by atoms with van der Waals surface area (Å²) in [6, 6.07) is 0.179. The van der Waals surface area contributed by atoms with Crippen LogP contribution in [0.3, 0.4) is 0 Å². The van der Waals surface area contributed by atoms with Gasteiger partial charge in [-0.2, -0.15) is 5.10 Å². The molecule has 0 radical (unpaired) electrons. The Hall–Kier alpha value is -1.85. The number of rotatable bonds is 4. The summed E-state index contributed by atoms with van der Waals surface area (Å²) in [5, 5.41) is 9.85. The predicted molar refractivity (Wildman–Crippen MR) is 88.0 cm³/mol. The molecule has 1 aromatic rings. The largest absolute Gasteiger partial charge is 0.349 e. The maximum absolute atomic E-state index is 12.5. The van der Waals surface area contributed by atoms with Gasteiger partial charge >= 0.3 is 5.69 Å². The minimum atomic E-state index is -0.179. The molecule has 0 bridgehead atoms. The van der Waals surface area contributed by atoms with Gasteiger partial charge in [0.05, 0.1) is 0 Å². The third kappa shape index (κ3) is 3.41. The van der Waals surface area contributed by atoms with Gasteiger partial charge in [-0.15, -0.1) is 0 Å². The van der Waals surface area contributed by atoms with Crippen molar-refractivity contribution >= 4 is 5.91 Å². The zero-order valence-electron chi connectivity index (χ0n) is 14.0. The topological polar surface area (TPSA) is 79.8 Å². The minimum absolute atomic E-state index is 0.0903. The maximum atomic E-state index is 12.5. The van der Waals surface area contributed by atoms with Gasteiger partial charge in [-0.05, 0) is 44.9 Å². The van der Waals surface area contributed by atoms with E-state index in [1.54, 1.807) is 11.6 Å². The second-order valence-corrected chi connectivity index (χ2v) is 6.91. The highest BCUT2D eigenvalue weighted by atomic mass is 16.2. The third-order valence-electron chi connectivity index (χ3n) is 5.47. The van der Waals surface area contributed by atoms with Crippen molar-refractivity contribution in [2.45, 2.75) is 64.3 Å². The third-order valence-corrected chi connectivity index (χ3v) is 5.47. The van der Waals surface area contributed by atoms with Gasteiger partial charge in [0.2, 0.25) is 5.91 Å². The van der Waals surface area contributed by atoms with Crippen LogP contribution in [-0.4, -0.2) is 26.7 Å². The zero-order valence-corrected chi connectivity index (χ0v) is 14.0. The predicted octanol–water partition coefficient (Wildman–Crippen LogP) is 1.83. The molecule has 2 aliphatic rings. The molecular formula is C17H26N4O2. The molecule has 0 spiro atoms. The Morgan fingerprint density at radius 3 is 2.65 bits per heavy atom. The lowest BCUT2D eigenvalue weighted by molar-refractivity contribution is -0.118. The van der Waals surface area contributed by atoms with Crippen molar-refractivity contribution in [3.63, 3.8) is 0 Å². The van der Waals surface area contributed by atoms with Gasteiger partial charge in [0.1, 0.15) is 5.82 Å². The van der Waals surface area contributed by atoms with Gasteiger partial charge in [-0.25, -0.2) is 9.89 Å². The number of aromatic amines is 1. The Balaban J connectivity index is 1.67. The van der Waals surface area contributed by atoms with E-state index in [0.29, 0.717) is 5.92 Å². The van der Waals surface area contributed by atoms with E-state index in [2.05, 4.69) is 15.5 Å². The van der Waals surface area contributed by atoms with Crippen molar-refractivity contribution in [1.82, 2.24) is 20.1 Å². The molecule has 2 N–H and O–H groups in total.